The SMILES string of the molecule is O=C1CS[C@@H](C(F)(F)F)c2c(n(C3CCCC3)[nH]c2=O)N1. The van der Waals surface area contributed by atoms with E-state index in [1.54, 1.807) is 0 Å². The van der Waals surface area contributed by atoms with E-state index in [1.165, 1.54) is 4.68 Å². The van der Waals surface area contributed by atoms with Gasteiger partial charge >= 0.3 is 6.18 Å². The van der Waals surface area contributed by atoms with Crippen molar-refractivity contribution in [1.29, 1.82) is 0 Å². The number of aromatic amines is 1. The summed E-state index contributed by atoms with van der Waals surface area (Å²) >= 11 is 0.441. The summed E-state index contributed by atoms with van der Waals surface area (Å²) in [6, 6.07) is -0.0567. The van der Waals surface area contributed by atoms with Gasteiger partial charge in [-0.2, -0.15) is 13.2 Å². The number of amides is 1. The normalized spacial score (nSPS) is 23.8. The summed E-state index contributed by atoms with van der Waals surface area (Å²) in [6.07, 6.45) is -1.07. The molecule has 0 bridgehead atoms. The molecule has 3 rings (SSSR count). The van der Waals surface area contributed by atoms with Gasteiger partial charge < -0.3 is 5.32 Å². The number of H-pyrrole nitrogens is 1. The number of carbonyl (C=O) groups is 1. The van der Waals surface area contributed by atoms with Crippen molar-refractivity contribution in [2.75, 3.05) is 11.1 Å². The molecular weight excluding hydrogens is 307 g/mol. The molecule has 1 aliphatic heterocycles. The molecule has 2 heterocycles. The van der Waals surface area contributed by atoms with Crippen LogP contribution in [0.1, 0.15) is 42.5 Å². The molecule has 2 N–H and O–H groups in total. The average molecular weight is 321 g/mol. The van der Waals surface area contributed by atoms with E-state index < -0.39 is 22.9 Å². The molecule has 1 atom stereocenters. The van der Waals surface area contributed by atoms with Crippen molar-refractivity contribution in [3.63, 3.8) is 0 Å². The van der Waals surface area contributed by atoms with Crippen molar-refractivity contribution in [2.45, 2.75) is 43.2 Å². The lowest BCUT2D eigenvalue weighted by molar-refractivity contribution is -0.129. The van der Waals surface area contributed by atoms with Crippen LogP contribution in [0.3, 0.4) is 0 Å². The predicted molar refractivity (Wildman–Crippen MR) is 72.4 cm³/mol. The number of nitrogens with one attached hydrogen (secondary N) is 2. The summed E-state index contributed by atoms with van der Waals surface area (Å²) in [4.78, 5) is 23.7. The maximum absolute atomic E-state index is 13.2. The molecule has 1 fully saturated rings. The average Bonchev–Trinajstić information content (AvgIpc) is 2.95. The molecule has 21 heavy (non-hydrogen) atoms. The summed E-state index contributed by atoms with van der Waals surface area (Å²) in [5.74, 6) is -0.842. The van der Waals surface area contributed by atoms with E-state index in [1.807, 2.05) is 0 Å². The van der Waals surface area contributed by atoms with Crippen LogP contribution in [0.2, 0.25) is 0 Å². The van der Waals surface area contributed by atoms with Crippen LogP contribution in [0.25, 0.3) is 0 Å². The molecule has 1 aromatic heterocycles. The Morgan fingerprint density at radius 2 is 1.86 bits per heavy atom. The molecule has 0 unspecified atom stereocenters. The molecule has 5 nitrogen and oxygen atoms in total. The Balaban J connectivity index is 2.12. The number of rotatable bonds is 1. The smallest absolute Gasteiger partial charge is 0.310 e. The second-order valence-electron chi connectivity index (χ2n) is 5.29. The third-order valence-electron chi connectivity index (χ3n) is 3.85. The van der Waals surface area contributed by atoms with Crippen molar-refractivity contribution in [3.05, 3.63) is 15.9 Å². The number of halogens is 3. The van der Waals surface area contributed by atoms with Gasteiger partial charge in [0.15, 0.2) is 0 Å². The molecule has 116 valence electrons. The topological polar surface area (TPSA) is 66.9 Å². The number of alkyl halides is 3. The number of thioether (sulfide) groups is 1. The van der Waals surface area contributed by atoms with Gasteiger partial charge in [0.25, 0.3) is 5.56 Å². The van der Waals surface area contributed by atoms with E-state index in [2.05, 4.69) is 10.4 Å². The molecule has 1 saturated carbocycles. The minimum Gasteiger partial charge on any atom is -0.310 e. The molecule has 1 aromatic rings. The Morgan fingerprint density at radius 3 is 2.48 bits per heavy atom. The third kappa shape index (κ3) is 2.58. The fourth-order valence-corrected chi connectivity index (χ4v) is 3.90. The maximum Gasteiger partial charge on any atom is 0.404 e. The van der Waals surface area contributed by atoms with Gasteiger partial charge in [0.2, 0.25) is 5.91 Å². The van der Waals surface area contributed by atoms with Crippen LogP contribution in [0.4, 0.5) is 19.0 Å². The number of anilines is 1. The van der Waals surface area contributed by atoms with Gasteiger partial charge in [0.1, 0.15) is 11.1 Å². The maximum atomic E-state index is 13.2. The van der Waals surface area contributed by atoms with Crippen molar-refractivity contribution >= 4 is 23.5 Å². The summed E-state index contributed by atoms with van der Waals surface area (Å²) in [6.45, 7) is 0. The van der Waals surface area contributed by atoms with E-state index in [0.29, 0.717) is 11.8 Å². The van der Waals surface area contributed by atoms with Gasteiger partial charge in [-0.1, -0.05) is 12.8 Å². The first kappa shape index (κ1) is 14.6. The summed E-state index contributed by atoms with van der Waals surface area (Å²) in [5, 5.41) is 2.97. The van der Waals surface area contributed by atoms with E-state index in [4.69, 9.17) is 0 Å². The lowest BCUT2D eigenvalue weighted by atomic mass is 10.2. The van der Waals surface area contributed by atoms with Crippen LogP contribution in [0.5, 0.6) is 0 Å². The largest absolute Gasteiger partial charge is 0.404 e. The molecule has 0 aromatic carbocycles. The van der Waals surface area contributed by atoms with Gasteiger partial charge in [-0.25, -0.2) is 0 Å². The Kier molecular flexibility index (Phi) is 3.54. The van der Waals surface area contributed by atoms with E-state index in [0.717, 1.165) is 25.7 Å². The summed E-state index contributed by atoms with van der Waals surface area (Å²) in [7, 11) is 0. The van der Waals surface area contributed by atoms with E-state index in [9.17, 15) is 22.8 Å². The molecule has 9 heteroatoms. The highest BCUT2D eigenvalue weighted by atomic mass is 32.2. The minimum atomic E-state index is -4.57. The zero-order valence-corrected chi connectivity index (χ0v) is 11.8. The highest BCUT2D eigenvalue weighted by molar-refractivity contribution is 8.00. The lowest BCUT2D eigenvalue weighted by Crippen LogP contribution is -2.23. The molecule has 0 radical (unpaired) electrons. The number of nitrogens with zero attached hydrogens (tertiary/aromatic N) is 1. The monoisotopic (exact) mass is 321 g/mol. The van der Waals surface area contributed by atoms with Crippen LogP contribution < -0.4 is 10.9 Å². The van der Waals surface area contributed by atoms with Crippen molar-refractivity contribution in [3.8, 4) is 0 Å². The Hall–Kier alpha value is -1.38. The number of hydrogen-bond acceptors (Lipinski definition) is 3. The number of fused-ring (bicyclic) bond motifs is 1. The zero-order valence-electron chi connectivity index (χ0n) is 11.0. The Morgan fingerprint density at radius 1 is 1.19 bits per heavy atom. The fraction of sp³-hybridized carbons (Fsp3) is 0.667. The summed E-state index contributed by atoms with van der Waals surface area (Å²) in [5.41, 5.74) is -1.15. The summed E-state index contributed by atoms with van der Waals surface area (Å²) < 4.78 is 40.9. The number of hydrogen-bond donors (Lipinski definition) is 2. The highest BCUT2D eigenvalue weighted by Gasteiger charge is 2.47. The van der Waals surface area contributed by atoms with E-state index in [-0.39, 0.29) is 23.2 Å². The van der Waals surface area contributed by atoms with E-state index >= 15 is 0 Å². The Bertz CT molecular complexity index is 616. The molecule has 1 aliphatic carbocycles. The van der Waals surface area contributed by atoms with Gasteiger partial charge in [0.05, 0.1) is 17.4 Å². The first-order valence-electron chi connectivity index (χ1n) is 6.70. The standard InChI is InChI=1S/C12H14F3N3O2S/c13-12(14,15)9-8-10(16-7(19)5-21-9)18(17-11(8)20)6-3-1-2-4-6/h6,9H,1-5H2,(H,16,19)(H,17,20)/t9-/m1/s1. The van der Waals surface area contributed by atoms with Crippen LogP contribution in [0, 0.1) is 0 Å². The quantitative estimate of drug-likeness (QED) is 0.835. The second-order valence-corrected chi connectivity index (χ2v) is 6.39. The van der Waals surface area contributed by atoms with Crippen LogP contribution in [0.15, 0.2) is 4.79 Å². The van der Waals surface area contributed by atoms with Crippen LogP contribution in [-0.4, -0.2) is 27.6 Å². The van der Waals surface area contributed by atoms with Crippen molar-refractivity contribution < 1.29 is 18.0 Å². The Labute approximate surface area is 122 Å². The molecule has 0 spiro atoms. The third-order valence-corrected chi connectivity index (χ3v) is 5.12. The molecular formula is C12H14F3N3O2S. The lowest BCUT2D eigenvalue weighted by Gasteiger charge is -2.18. The van der Waals surface area contributed by atoms with Gasteiger partial charge in [0, 0.05) is 0 Å². The van der Waals surface area contributed by atoms with Crippen molar-refractivity contribution in [2.24, 2.45) is 0 Å². The predicted octanol–water partition coefficient (Wildman–Crippen LogP) is 2.58. The molecule has 0 saturated heterocycles. The first-order valence-corrected chi connectivity index (χ1v) is 7.75. The van der Waals surface area contributed by atoms with Gasteiger partial charge in [-0.05, 0) is 12.8 Å². The fourth-order valence-electron chi connectivity index (χ4n) is 2.94. The highest BCUT2D eigenvalue weighted by Crippen LogP contribution is 2.46. The molecule has 1 amide bonds. The first-order chi connectivity index (χ1) is 9.88. The minimum absolute atomic E-state index is 0.00998. The van der Waals surface area contributed by atoms with Crippen LogP contribution in [-0.2, 0) is 4.79 Å². The van der Waals surface area contributed by atoms with Crippen LogP contribution >= 0.6 is 11.8 Å². The molecule has 2 aliphatic rings. The number of aromatic nitrogens is 2. The van der Waals surface area contributed by atoms with Gasteiger partial charge in [-0.3, -0.25) is 19.4 Å². The second kappa shape index (κ2) is 5.11. The number of carbonyl (C=O) groups excluding carboxylic acids is 1. The van der Waals surface area contributed by atoms with Gasteiger partial charge in [-0.15, -0.1) is 11.8 Å². The van der Waals surface area contributed by atoms with Crippen molar-refractivity contribution in [1.82, 2.24) is 9.78 Å². The zero-order chi connectivity index (χ0) is 15.2.